The molecule has 5 rings (SSSR count). The minimum Gasteiger partial charge on any atom is -0.303 e. The lowest BCUT2D eigenvalue weighted by Crippen LogP contribution is -2.68. The molecule has 0 saturated heterocycles. The number of fused-ring (bicyclic) bond motifs is 7. The van der Waals surface area contributed by atoms with Gasteiger partial charge < -0.3 is 4.90 Å². The first-order chi connectivity index (χ1) is 17.0. The van der Waals surface area contributed by atoms with Gasteiger partial charge in [0.05, 0.1) is 0 Å². The lowest BCUT2D eigenvalue weighted by Gasteiger charge is -2.70. The summed E-state index contributed by atoms with van der Waals surface area (Å²) in [6.45, 7) is 16.2. The summed E-state index contributed by atoms with van der Waals surface area (Å²) in [4.78, 5) is 34.5. The smallest absolute Gasteiger partial charge is 0.303 e. The van der Waals surface area contributed by atoms with Crippen LogP contribution in [0.4, 0.5) is 0 Å². The number of ketones is 2. The fourth-order valence-corrected chi connectivity index (χ4v) is 10.5. The predicted octanol–water partition coefficient (Wildman–Crippen LogP) is 6.96. The SMILES string of the molecule is C[N+]#CC1=C[C@]2(C)C3=CC(=O)[C@@H]4[C@@H]5CC(C)(C)CC[C@]5(N(C)C)CC[C@@]4(C)[C@]3(C)CC[C@H]2C(C)(C)C1=O. The molecule has 0 amide bonds. The third-order valence-electron chi connectivity index (χ3n) is 12.8. The Hall–Kier alpha value is -1.73. The Morgan fingerprint density at radius 2 is 1.59 bits per heavy atom. The highest BCUT2D eigenvalue weighted by atomic mass is 16.1. The summed E-state index contributed by atoms with van der Waals surface area (Å²) < 4.78 is 0. The largest absolute Gasteiger partial charge is 0.314 e. The zero-order chi connectivity index (χ0) is 27.4. The van der Waals surface area contributed by atoms with Crippen molar-refractivity contribution in [2.75, 3.05) is 21.1 Å². The molecule has 0 spiro atoms. The molecule has 0 aromatic rings. The van der Waals surface area contributed by atoms with E-state index < -0.39 is 5.41 Å². The van der Waals surface area contributed by atoms with Crippen LogP contribution in [0, 0.1) is 50.9 Å². The van der Waals surface area contributed by atoms with Crippen molar-refractivity contribution in [1.82, 2.24) is 4.90 Å². The maximum Gasteiger partial charge on any atom is 0.314 e. The molecule has 0 radical (unpaired) electrons. The number of hydrogen-bond donors (Lipinski definition) is 0. The molecule has 5 aliphatic rings. The maximum atomic E-state index is 14.5. The molecule has 7 atom stereocenters. The molecular weight excluding hydrogens is 456 g/mol. The fourth-order valence-electron chi connectivity index (χ4n) is 10.5. The average molecular weight is 506 g/mol. The van der Waals surface area contributed by atoms with Crippen molar-refractivity contribution in [1.29, 1.82) is 0 Å². The van der Waals surface area contributed by atoms with Crippen molar-refractivity contribution >= 4 is 11.6 Å². The highest BCUT2D eigenvalue weighted by molar-refractivity contribution is 6.05. The topological polar surface area (TPSA) is 41.7 Å². The van der Waals surface area contributed by atoms with Crippen LogP contribution < -0.4 is 0 Å². The molecule has 0 bridgehead atoms. The lowest BCUT2D eigenvalue weighted by atomic mass is 9.35. The number of allylic oxidation sites excluding steroid dienone is 4. The molecule has 4 heteroatoms. The Morgan fingerprint density at radius 3 is 2.22 bits per heavy atom. The van der Waals surface area contributed by atoms with Gasteiger partial charge in [0, 0.05) is 22.3 Å². The second-order valence-corrected chi connectivity index (χ2v) is 15.5. The number of carbonyl (C=O) groups is 2. The summed E-state index contributed by atoms with van der Waals surface area (Å²) in [5, 5.41) is 0. The van der Waals surface area contributed by atoms with E-state index in [4.69, 9.17) is 0 Å². The molecule has 3 saturated carbocycles. The summed E-state index contributed by atoms with van der Waals surface area (Å²) in [5.41, 5.74) is 1.17. The lowest BCUT2D eigenvalue weighted by molar-refractivity contribution is -0.173. The summed E-state index contributed by atoms with van der Waals surface area (Å²) in [6.07, 6.45) is 12.0. The molecule has 0 aromatic carbocycles. The predicted molar refractivity (Wildman–Crippen MR) is 150 cm³/mol. The molecule has 0 aromatic heterocycles. The highest BCUT2D eigenvalue weighted by Gasteiger charge is 2.70. The van der Waals surface area contributed by atoms with Gasteiger partial charge >= 0.3 is 6.07 Å². The third-order valence-corrected chi connectivity index (χ3v) is 12.8. The molecule has 5 aliphatic carbocycles. The molecule has 37 heavy (non-hydrogen) atoms. The van der Waals surface area contributed by atoms with Gasteiger partial charge in [-0.15, -0.1) is 0 Å². The van der Waals surface area contributed by atoms with E-state index >= 15 is 0 Å². The van der Waals surface area contributed by atoms with Crippen LogP contribution >= 0.6 is 0 Å². The Morgan fingerprint density at radius 1 is 0.946 bits per heavy atom. The first-order valence-corrected chi connectivity index (χ1v) is 14.6. The van der Waals surface area contributed by atoms with Crippen molar-refractivity contribution in [3.05, 3.63) is 28.1 Å². The van der Waals surface area contributed by atoms with Crippen molar-refractivity contribution in [3.63, 3.8) is 0 Å². The van der Waals surface area contributed by atoms with E-state index in [2.05, 4.69) is 90.5 Å². The van der Waals surface area contributed by atoms with Gasteiger partial charge in [-0.2, -0.15) is 0 Å². The molecule has 4 nitrogen and oxygen atoms in total. The Balaban J connectivity index is 1.70. The highest BCUT2D eigenvalue weighted by Crippen LogP contribution is 2.73. The zero-order valence-corrected chi connectivity index (χ0v) is 25.0. The number of rotatable bonds is 1. The van der Waals surface area contributed by atoms with Gasteiger partial charge in [0.1, 0.15) is 5.57 Å². The van der Waals surface area contributed by atoms with Gasteiger partial charge in [-0.25, -0.2) is 0 Å². The second-order valence-electron chi connectivity index (χ2n) is 15.5. The second kappa shape index (κ2) is 7.91. The third kappa shape index (κ3) is 3.28. The van der Waals surface area contributed by atoms with Gasteiger partial charge in [0.15, 0.2) is 11.6 Å². The molecule has 3 fully saturated rings. The molecular formula is C33H49N2O2+. The molecule has 0 aliphatic heterocycles. The standard InChI is InChI=1S/C33H49N2O2/c1-28(2)13-15-33(35(9)10)16-14-32(7)26(22(33)19-28)23(36)17-25-30(5)18-21(20-34-8)27(37)29(3,4)24(30)11-12-31(25,32)6/h17-18,22,24,26H,11-16,19H2,1-10H3/q+1/t22-,24-,26-,30-,31+,32+,33-/m0/s1. The van der Waals surface area contributed by atoms with Crippen LogP contribution in [0.2, 0.25) is 0 Å². The molecule has 0 N–H and O–H groups in total. The number of Topliss-reactive ketones (excluding diaryl/α,β-unsaturated/α-hetero) is 1. The van der Waals surface area contributed by atoms with Gasteiger partial charge in [0.2, 0.25) is 0 Å². The summed E-state index contributed by atoms with van der Waals surface area (Å²) in [7, 11) is 6.17. The normalized spacial score (nSPS) is 45.9. The number of hydrogen-bond acceptors (Lipinski definition) is 3. The van der Waals surface area contributed by atoms with Crippen molar-refractivity contribution < 1.29 is 9.59 Å². The van der Waals surface area contributed by atoms with Crippen LogP contribution in [0.15, 0.2) is 23.3 Å². The Labute approximate surface area is 225 Å². The van der Waals surface area contributed by atoms with Crippen molar-refractivity contribution in [2.24, 2.45) is 44.8 Å². The van der Waals surface area contributed by atoms with E-state index in [0.717, 1.165) is 32.1 Å². The molecule has 202 valence electrons. The van der Waals surface area contributed by atoms with Crippen LogP contribution in [0.1, 0.15) is 93.4 Å². The first kappa shape index (κ1) is 26.9. The van der Waals surface area contributed by atoms with Gasteiger partial charge in [-0.05, 0) is 99.3 Å². The minimum atomic E-state index is -0.514. The Kier molecular flexibility index (Phi) is 5.74. The zero-order valence-electron chi connectivity index (χ0n) is 25.0. The monoisotopic (exact) mass is 505 g/mol. The maximum absolute atomic E-state index is 14.5. The van der Waals surface area contributed by atoms with Gasteiger partial charge in [-0.3, -0.25) is 9.59 Å². The molecule has 0 unspecified atom stereocenters. The van der Waals surface area contributed by atoms with Crippen LogP contribution in [0.25, 0.3) is 4.85 Å². The summed E-state index contributed by atoms with van der Waals surface area (Å²) >= 11 is 0. The minimum absolute atomic E-state index is 0.0441. The number of carbonyl (C=O) groups excluding carboxylic acids is 2. The van der Waals surface area contributed by atoms with E-state index in [0.29, 0.717) is 17.3 Å². The van der Waals surface area contributed by atoms with Crippen LogP contribution in [-0.2, 0) is 9.59 Å². The fraction of sp³-hybridized carbons (Fsp3) is 0.788. The van der Waals surface area contributed by atoms with E-state index in [1.54, 1.807) is 7.05 Å². The van der Waals surface area contributed by atoms with Crippen LogP contribution in [0.5, 0.6) is 0 Å². The van der Waals surface area contributed by atoms with Crippen molar-refractivity contribution in [3.8, 4) is 6.07 Å². The Bertz CT molecular complexity index is 1180. The van der Waals surface area contributed by atoms with E-state index in [-0.39, 0.29) is 44.8 Å². The van der Waals surface area contributed by atoms with Gasteiger partial charge in [0.25, 0.3) is 7.05 Å². The molecule has 0 heterocycles. The average Bonchev–Trinajstić information content (AvgIpc) is 2.78. The van der Waals surface area contributed by atoms with E-state index in [1.807, 2.05) is 0 Å². The van der Waals surface area contributed by atoms with E-state index in [1.165, 1.54) is 18.4 Å². The van der Waals surface area contributed by atoms with Crippen LogP contribution in [-0.4, -0.2) is 43.1 Å². The quantitative estimate of drug-likeness (QED) is 0.387. The summed E-state index contributed by atoms with van der Waals surface area (Å²) in [6, 6.07) is 3.02. The summed E-state index contributed by atoms with van der Waals surface area (Å²) in [5.74, 6) is 1.05. The number of nitrogens with zero attached hydrogens (tertiary/aromatic N) is 2. The first-order valence-electron chi connectivity index (χ1n) is 14.6. The van der Waals surface area contributed by atoms with Gasteiger partial charge in [-0.1, -0.05) is 58.9 Å². The van der Waals surface area contributed by atoms with Crippen LogP contribution in [0.3, 0.4) is 0 Å². The van der Waals surface area contributed by atoms with Crippen molar-refractivity contribution in [2.45, 2.75) is 99.0 Å². The van der Waals surface area contributed by atoms with E-state index in [9.17, 15) is 9.59 Å².